The van der Waals surface area contributed by atoms with Crippen LogP contribution in [0.1, 0.15) is 18.1 Å². The van der Waals surface area contributed by atoms with E-state index in [1.54, 1.807) is 0 Å². The predicted molar refractivity (Wildman–Crippen MR) is 85.6 cm³/mol. The van der Waals surface area contributed by atoms with Crippen LogP contribution >= 0.6 is 11.6 Å². The first-order chi connectivity index (χ1) is 10.3. The monoisotopic (exact) mass is 305 g/mol. The SMILES string of the molecule is CCNCc1cc(Cl)ccc1OCOCc1ccccc1. The van der Waals surface area contributed by atoms with Crippen molar-refractivity contribution in [3.05, 3.63) is 64.7 Å². The second-order valence-electron chi connectivity index (χ2n) is 4.63. The Morgan fingerprint density at radius 2 is 1.90 bits per heavy atom. The van der Waals surface area contributed by atoms with Crippen LogP contribution in [-0.4, -0.2) is 13.3 Å². The van der Waals surface area contributed by atoms with Gasteiger partial charge in [-0.05, 0) is 30.3 Å². The summed E-state index contributed by atoms with van der Waals surface area (Å²) in [5.41, 5.74) is 2.16. The van der Waals surface area contributed by atoms with E-state index in [9.17, 15) is 0 Å². The first-order valence-electron chi connectivity index (χ1n) is 7.03. The van der Waals surface area contributed by atoms with Gasteiger partial charge in [0, 0.05) is 17.1 Å². The minimum Gasteiger partial charge on any atom is -0.467 e. The van der Waals surface area contributed by atoms with Gasteiger partial charge in [-0.15, -0.1) is 0 Å². The van der Waals surface area contributed by atoms with Crippen molar-refractivity contribution in [2.45, 2.75) is 20.1 Å². The maximum atomic E-state index is 6.02. The first-order valence-corrected chi connectivity index (χ1v) is 7.41. The zero-order chi connectivity index (χ0) is 14.9. The highest BCUT2D eigenvalue weighted by Gasteiger charge is 2.04. The van der Waals surface area contributed by atoms with Crippen LogP contribution in [0.5, 0.6) is 5.75 Å². The fourth-order valence-corrected chi connectivity index (χ4v) is 2.12. The first kappa shape index (κ1) is 15.8. The Balaban J connectivity index is 1.84. The van der Waals surface area contributed by atoms with Crippen molar-refractivity contribution < 1.29 is 9.47 Å². The Kier molecular flexibility index (Phi) is 6.54. The maximum absolute atomic E-state index is 6.02. The van der Waals surface area contributed by atoms with Crippen LogP contribution in [0.4, 0.5) is 0 Å². The van der Waals surface area contributed by atoms with Gasteiger partial charge in [0.2, 0.25) is 0 Å². The van der Waals surface area contributed by atoms with E-state index in [1.165, 1.54) is 0 Å². The average Bonchev–Trinajstić information content (AvgIpc) is 2.52. The van der Waals surface area contributed by atoms with Crippen LogP contribution in [0.2, 0.25) is 5.02 Å². The molecular weight excluding hydrogens is 286 g/mol. The van der Waals surface area contributed by atoms with Gasteiger partial charge in [-0.1, -0.05) is 48.9 Å². The quantitative estimate of drug-likeness (QED) is 0.590. The molecule has 1 N–H and O–H groups in total. The largest absolute Gasteiger partial charge is 0.467 e. The predicted octanol–water partition coefficient (Wildman–Crippen LogP) is 4.00. The molecule has 0 heterocycles. The molecule has 0 aliphatic carbocycles. The molecule has 21 heavy (non-hydrogen) atoms. The molecule has 0 unspecified atom stereocenters. The van der Waals surface area contributed by atoms with Crippen LogP contribution in [-0.2, 0) is 17.9 Å². The van der Waals surface area contributed by atoms with Gasteiger partial charge in [0.1, 0.15) is 5.75 Å². The van der Waals surface area contributed by atoms with E-state index in [-0.39, 0.29) is 6.79 Å². The highest BCUT2D eigenvalue weighted by atomic mass is 35.5. The van der Waals surface area contributed by atoms with Gasteiger partial charge in [-0.3, -0.25) is 0 Å². The molecule has 0 atom stereocenters. The van der Waals surface area contributed by atoms with E-state index in [0.29, 0.717) is 11.6 Å². The summed E-state index contributed by atoms with van der Waals surface area (Å²) >= 11 is 6.02. The van der Waals surface area contributed by atoms with Crippen molar-refractivity contribution >= 4 is 11.6 Å². The molecule has 0 aromatic heterocycles. The smallest absolute Gasteiger partial charge is 0.189 e. The number of halogens is 1. The average molecular weight is 306 g/mol. The lowest BCUT2D eigenvalue weighted by Gasteiger charge is -2.12. The summed E-state index contributed by atoms with van der Waals surface area (Å²) in [7, 11) is 0. The fourth-order valence-electron chi connectivity index (χ4n) is 1.93. The van der Waals surface area contributed by atoms with Gasteiger partial charge in [0.25, 0.3) is 0 Å². The van der Waals surface area contributed by atoms with E-state index in [0.717, 1.165) is 30.0 Å². The number of ether oxygens (including phenoxy) is 2. The Labute approximate surface area is 130 Å². The van der Waals surface area contributed by atoms with Crippen LogP contribution in [0, 0.1) is 0 Å². The number of hydrogen-bond acceptors (Lipinski definition) is 3. The summed E-state index contributed by atoms with van der Waals surface area (Å²) in [4.78, 5) is 0. The zero-order valence-electron chi connectivity index (χ0n) is 12.1. The third kappa shape index (κ3) is 5.38. The molecule has 0 bridgehead atoms. The van der Waals surface area contributed by atoms with E-state index in [1.807, 2.05) is 48.5 Å². The van der Waals surface area contributed by atoms with Crippen molar-refractivity contribution in [2.24, 2.45) is 0 Å². The Bertz CT molecular complexity index is 546. The Morgan fingerprint density at radius 1 is 1.10 bits per heavy atom. The van der Waals surface area contributed by atoms with Crippen molar-refractivity contribution in [1.29, 1.82) is 0 Å². The van der Waals surface area contributed by atoms with Crippen molar-refractivity contribution in [2.75, 3.05) is 13.3 Å². The molecule has 0 saturated heterocycles. The second-order valence-corrected chi connectivity index (χ2v) is 5.07. The molecule has 0 aliphatic heterocycles. The zero-order valence-corrected chi connectivity index (χ0v) is 12.9. The highest BCUT2D eigenvalue weighted by molar-refractivity contribution is 6.30. The van der Waals surface area contributed by atoms with Gasteiger partial charge in [0.05, 0.1) is 6.61 Å². The lowest BCUT2D eigenvalue weighted by Crippen LogP contribution is -2.13. The molecule has 4 heteroatoms. The van der Waals surface area contributed by atoms with Gasteiger partial charge in [-0.2, -0.15) is 0 Å². The van der Waals surface area contributed by atoms with Crippen molar-refractivity contribution in [1.82, 2.24) is 5.32 Å². The van der Waals surface area contributed by atoms with E-state index in [2.05, 4.69) is 12.2 Å². The molecule has 2 aromatic carbocycles. The van der Waals surface area contributed by atoms with Gasteiger partial charge >= 0.3 is 0 Å². The second kappa shape index (κ2) is 8.67. The molecule has 2 rings (SSSR count). The number of benzene rings is 2. The Morgan fingerprint density at radius 3 is 2.67 bits per heavy atom. The standard InChI is InChI=1S/C17H20ClNO2/c1-2-19-11-15-10-16(18)8-9-17(15)21-13-20-12-14-6-4-3-5-7-14/h3-10,19H,2,11-13H2,1H3. The van der Waals surface area contributed by atoms with Crippen molar-refractivity contribution in [3.63, 3.8) is 0 Å². The summed E-state index contributed by atoms with van der Waals surface area (Å²) < 4.78 is 11.2. The minimum absolute atomic E-state index is 0.218. The van der Waals surface area contributed by atoms with Crippen LogP contribution in [0.25, 0.3) is 0 Å². The summed E-state index contributed by atoms with van der Waals surface area (Å²) in [5, 5.41) is 3.98. The van der Waals surface area contributed by atoms with Crippen LogP contribution in [0.15, 0.2) is 48.5 Å². The molecule has 0 aliphatic rings. The number of rotatable bonds is 8. The molecule has 2 aromatic rings. The van der Waals surface area contributed by atoms with Gasteiger partial charge in [-0.25, -0.2) is 0 Å². The third-order valence-electron chi connectivity index (χ3n) is 3.00. The molecule has 0 saturated carbocycles. The molecule has 0 amide bonds. The molecule has 0 radical (unpaired) electrons. The van der Waals surface area contributed by atoms with Crippen molar-refractivity contribution in [3.8, 4) is 5.75 Å². The lowest BCUT2D eigenvalue weighted by atomic mass is 10.2. The third-order valence-corrected chi connectivity index (χ3v) is 3.23. The summed E-state index contributed by atoms with van der Waals surface area (Å²) in [6.45, 7) is 4.45. The van der Waals surface area contributed by atoms with E-state index < -0.39 is 0 Å². The molecular formula is C17H20ClNO2. The molecule has 0 spiro atoms. The normalized spacial score (nSPS) is 10.6. The number of nitrogens with one attached hydrogen (secondary N) is 1. The lowest BCUT2D eigenvalue weighted by molar-refractivity contribution is 0.00450. The summed E-state index contributed by atoms with van der Waals surface area (Å²) in [6.07, 6.45) is 0. The topological polar surface area (TPSA) is 30.5 Å². The molecule has 0 fully saturated rings. The van der Waals surface area contributed by atoms with Gasteiger partial charge < -0.3 is 14.8 Å². The highest BCUT2D eigenvalue weighted by Crippen LogP contribution is 2.23. The van der Waals surface area contributed by atoms with E-state index >= 15 is 0 Å². The summed E-state index contributed by atoms with van der Waals surface area (Å²) in [6, 6.07) is 15.6. The van der Waals surface area contributed by atoms with Crippen LogP contribution in [0.3, 0.4) is 0 Å². The fraction of sp³-hybridized carbons (Fsp3) is 0.294. The summed E-state index contributed by atoms with van der Waals surface area (Å²) in [5.74, 6) is 0.799. The van der Waals surface area contributed by atoms with Crippen LogP contribution < -0.4 is 10.1 Å². The number of hydrogen-bond donors (Lipinski definition) is 1. The maximum Gasteiger partial charge on any atom is 0.189 e. The Hall–Kier alpha value is -1.55. The minimum atomic E-state index is 0.218. The van der Waals surface area contributed by atoms with Gasteiger partial charge in [0.15, 0.2) is 6.79 Å². The molecule has 3 nitrogen and oxygen atoms in total. The van der Waals surface area contributed by atoms with E-state index in [4.69, 9.17) is 21.1 Å². The molecule has 112 valence electrons.